The highest BCUT2D eigenvalue weighted by Crippen LogP contribution is 1.95. The molecule has 0 fully saturated rings. The Hall–Kier alpha value is -1.17. The fraction of sp³-hybridized carbons (Fsp3) is 0.625. The lowest BCUT2D eigenvalue weighted by Crippen LogP contribution is -2.35. The molecule has 0 spiro atoms. The van der Waals surface area contributed by atoms with Crippen molar-refractivity contribution in [2.24, 2.45) is 7.05 Å². The Morgan fingerprint density at radius 2 is 2.14 bits per heavy atom. The minimum atomic E-state index is 0.600. The standard InChI is InChI=1S/C8H15N5S/c1-4-9-8(14)10-5-7-12-11-6(2)13(7)3/h4-5H2,1-3H3,(H2,9,10,14). The molecular weight excluding hydrogens is 198 g/mol. The molecule has 5 nitrogen and oxygen atoms in total. The number of nitrogens with one attached hydrogen (secondary N) is 2. The second kappa shape index (κ2) is 4.90. The maximum absolute atomic E-state index is 5.02. The third-order valence-corrected chi connectivity index (χ3v) is 2.22. The Balaban J connectivity index is 2.46. The van der Waals surface area contributed by atoms with Crippen LogP contribution in [0, 0.1) is 6.92 Å². The first-order chi connectivity index (χ1) is 6.65. The predicted octanol–water partition coefficient (Wildman–Crippen LogP) is 0.108. The normalized spacial score (nSPS) is 9.93. The predicted molar refractivity (Wildman–Crippen MR) is 58.9 cm³/mol. The van der Waals surface area contributed by atoms with Crippen molar-refractivity contribution >= 4 is 17.3 Å². The van der Waals surface area contributed by atoms with E-state index in [1.807, 2.05) is 25.5 Å². The van der Waals surface area contributed by atoms with Crippen LogP contribution in [0.15, 0.2) is 0 Å². The van der Waals surface area contributed by atoms with Crippen molar-refractivity contribution in [3.63, 3.8) is 0 Å². The molecule has 0 aliphatic rings. The van der Waals surface area contributed by atoms with Gasteiger partial charge in [-0.05, 0) is 26.1 Å². The average molecular weight is 213 g/mol. The monoisotopic (exact) mass is 213 g/mol. The summed E-state index contributed by atoms with van der Waals surface area (Å²) in [4.78, 5) is 0. The molecule has 0 aromatic carbocycles. The molecule has 0 radical (unpaired) electrons. The summed E-state index contributed by atoms with van der Waals surface area (Å²) >= 11 is 5.02. The van der Waals surface area contributed by atoms with E-state index in [9.17, 15) is 0 Å². The van der Waals surface area contributed by atoms with Crippen LogP contribution in [0.1, 0.15) is 18.6 Å². The van der Waals surface area contributed by atoms with Crippen LogP contribution in [-0.2, 0) is 13.6 Å². The molecule has 1 aromatic rings. The van der Waals surface area contributed by atoms with E-state index in [0.29, 0.717) is 11.7 Å². The topological polar surface area (TPSA) is 54.8 Å². The number of hydrogen-bond donors (Lipinski definition) is 2. The van der Waals surface area contributed by atoms with Crippen LogP contribution in [0.5, 0.6) is 0 Å². The summed E-state index contributed by atoms with van der Waals surface area (Å²) < 4.78 is 1.93. The minimum absolute atomic E-state index is 0.600. The molecule has 0 unspecified atom stereocenters. The number of aromatic nitrogens is 3. The summed E-state index contributed by atoms with van der Waals surface area (Å²) in [6, 6.07) is 0. The molecule has 6 heteroatoms. The van der Waals surface area contributed by atoms with Gasteiger partial charge in [-0.25, -0.2) is 0 Å². The van der Waals surface area contributed by atoms with Gasteiger partial charge >= 0.3 is 0 Å². The Kier molecular flexibility index (Phi) is 3.82. The Morgan fingerprint density at radius 1 is 1.43 bits per heavy atom. The van der Waals surface area contributed by atoms with Gasteiger partial charge in [-0.1, -0.05) is 0 Å². The fourth-order valence-electron chi connectivity index (χ4n) is 0.987. The smallest absolute Gasteiger partial charge is 0.166 e. The van der Waals surface area contributed by atoms with Crippen LogP contribution >= 0.6 is 12.2 Å². The van der Waals surface area contributed by atoms with Crippen molar-refractivity contribution in [2.45, 2.75) is 20.4 Å². The summed E-state index contributed by atoms with van der Waals surface area (Å²) in [7, 11) is 1.93. The van der Waals surface area contributed by atoms with Crippen LogP contribution in [0.2, 0.25) is 0 Å². The lowest BCUT2D eigenvalue weighted by molar-refractivity contribution is 0.729. The van der Waals surface area contributed by atoms with E-state index in [0.717, 1.165) is 18.2 Å². The molecule has 0 amide bonds. The number of aryl methyl sites for hydroxylation is 1. The third kappa shape index (κ3) is 2.66. The van der Waals surface area contributed by atoms with Gasteiger partial charge in [-0.3, -0.25) is 0 Å². The van der Waals surface area contributed by atoms with Gasteiger partial charge in [0.05, 0.1) is 6.54 Å². The number of thiocarbonyl (C=S) groups is 1. The lowest BCUT2D eigenvalue weighted by Gasteiger charge is -2.07. The zero-order valence-electron chi connectivity index (χ0n) is 8.66. The second-order valence-electron chi connectivity index (χ2n) is 2.94. The van der Waals surface area contributed by atoms with Crippen molar-refractivity contribution in [3.8, 4) is 0 Å². The fourth-order valence-corrected chi connectivity index (χ4v) is 1.20. The molecular formula is C8H15N5S. The molecule has 0 saturated heterocycles. The van der Waals surface area contributed by atoms with Gasteiger partial charge in [0, 0.05) is 13.6 Å². The molecule has 14 heavy (non-hydrogen) atoms. The molecule has 2 N–H and O–H groups in total. The Morgan fingerprint density at radius 3 is 2.64 bits per heavy atom. The molecule has 0 bridgehead atoms. The van der Waals surface area contributed by atoms with Gasteiger partial charge in [0.2, 0.25) is 0 Å². The molecule has 1 heterocycles. The van der Waals surface area contributed by atoms with Gasteiger partial charge < -0.3 is 15.2 Å². The van der Waals surface area contributed by atoms with Crippen molar-refractivity contribution in [1.82, 2.24) is 25.4 Å². The van der Waals surface area contributed by atoms with E-state index in [1.54, 1.807) is 0 Å². The molecule has 78 valence electrons. The maximum atomic E-state index is 5.02. The molecule has 0 atom stereocenters. The second-order valence-corrected chi connectivity index (χ2v) is 3.34. The van der Waals surface area contributed by atoms with E-state index in [2.05, 4.69) is 20.8 Å². The summed E-state index contributed by atoms with van der Waals surface area (Å²) in [6.07, 6.45) is 0. The first kappa shape index (κ1) is 10.9. The van der Waals surface area contributed by atoms with Gasteiger partial charge in [-0.2, -0.15) is 0 Å². The van der Waals surface area contributed by atoms with Gasteiger partial charge in [0.1, 0.15) is 5.82 Å². The van der Waals surface area contributed by atoms with Crippen LogP contribution in [-0.4, -0.2) is 26.4 Å². The first-order valence-electron chi connectivity index (χ1n) is 4.51. The van der Waals surface area contributed by atoms with Crippen LogP contribution in [0.3, 0.4) is 0 Å². The van der Waals surface area contributed by atoms with Crippen LogP contribution in [0.4, 0.5) is 0 Å². The molecule has 0 aliphatic heterocycles. The summed E-state index contributed by atoms with van der Waals surface area (Å²) in [6.45, 7) is 5.34. The van der Waals surface area contributed by atoms with E-state index < -0.39 is 0 Å². The molecule has 0 saturated carbocycles. The first-order valence-corrected chi connectivity index (χ1v) is 4.92. The highest BCUT2D eigenvalue weighted by molar-refractivity contribution is 7.80. The average Bonchev–Trinajstić information content (AvgIpc) is 2.46. The minimum Gasteiger partial charge on any atom is -0.363 e. The van der Waals surface area contributed by atoms with Gasteiger partial charge in [0.15, 0.2) is 10.9 Å². The van der Waals surface area contributed by atoms with Crippen LogP contribution < -0.4 is 10.6 Å². The largest absolute Gasteiger partial charge is 0.363 e. The van der Waals surface area contributed by atoms with Crippen molar-refractivity contribution < 1.29 is 0 Å². The zero-order chi connectivity index (χ0) is 10.6. The number of rotatable bonds is 3. The summed E-state index contributed by atoms with van der Waals surface area (Å²) in [5.74, 6) is 1.78. The summed E-state index contributed by atoms with van der Waals surface area (Å²) in [5.41, 5.74) is 0. The van der Waals surface area contributed by atoms with E-state index in [-0.39, 0.29) is 0 Å². The molecule has 0 aliphatic carbocycles. The van der Waals surface area contributed by atoms with E-state index in [4.69, 9.17) is 12.2 Å². The number of hydrogen-bond acceptors (Lipinski definition) is 3. The summed E-state index contributed by atoms with van der Waals surface area (Å²) in [5, 5.41) is 14.7. The highest BCUT2D eigenvalue weighted by atomic mass is 32.1. The van der Waals surface area contributed by atoms with Crippen LogP contribution in [0.25, 0.3) is 0 Å². The molecule has 1 rings (SSSR count). The third-order valence-electron chi connectivity index (χ3n) is 1.93. The lowest BCUT2D eigenvalue weighted by atomic mass is 10.5. The van der Waals surface area contributed by atoms with Crippen molar-refractivity contribution in [3.05, 3.63) is 11.6 Å². The van der Waals surface area contributed by atoms with Crippen molar-refractivity contribution in [1.29, 1.82) is 0 Å². The highest BCUT2D eigenvalue weighted by Gasteiger charge is 2.04. The van der Waals surface area contributed by atoms with E-state index >= 15 is 0 Å². The van der Waals surface area contributed by atoms with Gasteiger partial charge in [0.25, 0.3) is 0 Å². The maximum Gasteiger partial charge on any atom is 0.166 e. The zero-order valence-corrected chi connectivity index (χ0v) is 9.48. The SMILES string of the molecule is CCNC(=S)NCc1nnc(C)n1C. The van der Waals surface area contributed by atoms with Crippen molar-refractivity contribution in [2.75, 3.05) is 6.54 Å². The quantitative estimate of drug-likeness (QED) is 0.698. The molecule has 1 aromatic heterocycles. The Bertz CT molecular complexity index is 320. The van der Waals surface area contributed by atoms with Gasteiger partial charge in [-0.15, -0.1) is 10.2 Å². The number of nitrogens with zero attached hydrogens (tertiary/aromatic N) is 3. The Labute approximate surface area is 88.9 Å². The van der Waals surface area contributed by atoms with E-state index in [1.165, 1.54) is 0 Å².